The van der Waals surface area contributed by atoms with Gasteiger partial charge in [0.15, 0.2) is 0 Å². The highest BCUT2D eigenvalue weighted by molar-refractivity contribution is 6.48. The van der Waals surface area contributed by atoms with E-state index in [1.54, 1.807) is 32.3 Å². The van der Waals surface area contributed by atoms with E-state index in [1.807, 2.05) is 6.07 Å². The summed E-state index contributed by atoms with van der Waals surface area (Å²) in [7, 11) is 4.62. The average Bonchev–Trinajstić information content (AvgIpc) is 3.07. The van der Waals surface area contributed by atoms with E-state index in [4.69, 9.17) is 0 Å². The Balaban J connectivity index is 1.92. The van der Waals surface area contributed by atoms with Crippen LogP contribution in [0.15, 0.2) is 47.5 Å². The molecule has 0 bridgehead atoms. The molecule has 2 amide bonds. The lowest BCUT2D eigenvalue weighted by Crippen LogP contribution is -2.30. The van der Waals surface area contributed by atoms with Crippen molar-refractivity contribution in [1.29, 1.82) is 0 Å². The summed E-state index contributed by atoms with van der Waals surface area (Å²) < 4.78 is 1.18. The number of anilines is 1. The quantitative estimate of drug-likeness (QED) is 0.538. The molecule has 0 unspecified atom stereocenters. The molecule has 0 saturated heterocycles. The zero-order valence-electron chi connectivity index (χ0n) is 15.1. The number of nitrogens with one attached hydrogen (secondary N) is 2. The van der Waals surface area contributed by atoms with Crippen molar-refractivity contribution in [2.75, 3.05) is 19.4 Å². The van der Waals surface area contributed by atoms with Crippen molar-refractivity contribution in [3.8, 4) is 0 Å². The fraction of sp³-hybridized carbons (Fsp3) is 0.158. The van der Waals surface area contributed by atoms with Crippen molar-refractivity contribution in [1.82, 2.24) is 14.5 Å². The number of benzene rings is 1. The van der Waals surface area contributed by atoms with E-state index in [9.17, 15) is 19.2 Å². The van der Waals surface area contributed by atoms with Crippen LogP contribution >= 0.6 is 0 Å². The van der Waals surface area contributed by atoms with Gasteiger partial charge in [-0.25, -0.2) is 0 Å². The highest BCUT2D eigenvalue weighted by Gasteiger charge is 2.22. The SMILES string of the molecule is CN(C)C(=O)c1cc(NC(=O)C(=O)c2c[nH]c3ccccc23)c(=O)n(C)c1. The number of hydrogen-bond donors (Lipinski definition) is 2. The number of H-pyrrole nitrogens is 1. The molecule has 8 nitrogen and oxygen atoms in total. The number of amides is 2. The van der Waals surface area contributed by atoms with Crippen molar-refractivity contribution in [2.45, 2.75) is 0 Å². The summed E-state index contributed by atoms with van der Waals surface area (Å²) in [6, 6.07) is 8.35. The number of aryl methyl sites for hydroxylation is 1. The Labute approximate surface area is 154 Å². The highest BCUT2D eigenvalue weighted by Crippen LogP contribution is 2.18. The monoisotopic (exact) mass is 366 g/mol. The van der Waals surface area contributed by atoms with Crippen LogP contribution in [0.4, 0.5) is 5.69 Å². The molecule has 138 valence electrons. The second-order valence-corrected chi connectivity index (χ2v) is 6.29. The minimum atomic E-state index is -0.952. The molecule has 2 aromatic heterocycles. The molecule has 0 aliphatic rings. The molecule has 2 heterocycles. The number of pyridine rings is 1. The molecular formula is C19H18N4O4. The molecule has 8 heteroatoms. The minimum Gasteiger partial charge on any atom is -0.360 e. The van der Waals surface area contributed by atoms with Gasteiger partial charge in [0, 0.05) is 44.4 Å². The van der Waals surface area contributed by atoms with Gasteiger partial charge in [-0.15, -0.1) is 0 Å². The van der Waals surface area contributed by atoms with Crippen LogP contribution in [0.5, 0.6) is 0 Å². The van der Waals surface area contributed by atoms with Crippen LogP contribution in [-0.4, -0.2) is 46.1 Å². The molecule has 0 aliphatic carbocycles. The molecule has 2 N–H and O–H groups in total. The normalized spacial score (nSPS) is 10.6. The van der Waals surface area contributed by atoms with Crippen LogP contribution in [0.3, 0.4) is 0 Å². The van der Waals surface area contributed by atoms with Crippen LogP contribution in [0.25, 0.3) is 10.9 Å². The molecule has 3 rings (SSSR count). The summed E-state index contributed by atoms with van der Waals surface area (Å²) in [5, 5.41) is 2.94. The Hall–Kier alpha value is -3.68. The van der Waals surface area contributed by atoms with Crippen molar-refractivity contribution < 1.29 is 14.4 Å². The van der Waals surface area contributed by atoms with Crippen LogP contribution in [-0.2, 0) is 11.8 Å². The summed E-state index contributed by atoms with van der Waals surface area (Å²) in [5.41, 5.74) is 0.495. The second kappa shape index (κ2) is 6.91. The smallest absolute Gasteiger partial charge is 0.296 e. The average molecular weight is 366 g/mol. The van der Waals surface area contributed by atoms with Gasteiger partial charge in [-0.1, -0.05) is 18.2 Å². The summed E-state index contributed by atoms with van der Waals surface area (Å²) >= 11 is 0. The van der Waals surface area contributed by atoms with Gasteiger partial charge in [0.2, 0.25) is 0 Å². The maximum atomic E-state index is 12.5. The maximum Gasteiger partial charge on any atom is 0.296 e. The fourth-order valence-corrected chi connectivity index (χ4v) is 2.74. The minimum absolute atomic E-state index is 0.136. The van der Waals surface area contributed by atoms with E-state index < -0.39 is 17.2 Å². The fourth-order valence-electron chi connectivity index (χ4n) is 2.74. The van der Waals surface area contributed by atoms with Gasteiger partial charge >= 0.3 is 0 Å². The van der Waals surface area contributed by atoms with E-state index in [2.05, 4.69) is 10.3 Å². The Kier molecular flexibility index (Phi) is 4.64. The van der Waals surface area contributed by atoms with Gasteiger partial charge in [0.25, 0.3) is 23.2 Å². The molecule has 0 spiro atoms. The lowest BCUT2D eigenvalue weighted by atomic mass is 10.1. The van der Waals surface area contributed by atoms with E-state index in [1.165, 1.54) is 35.0 Å². The number of aromatic amines is 1. The first kappa shape index (κ1) is 18.1. The van der Waals surface area contributed by atoms with Crippen molar-refractivity contribution in [3.63, 3.8) is 0 Å². The van der Waals surface area contributed by atoms with Gasteiger partial charge in [0.05, 0.1) is 11.1 Å². The topological polar surface area (TPSA) is 104 Å². The van der Waals surface area contributed by atoms with Crippen molar-refractivity contribution in [2.24, 2.45) is 7.05 Å². The van der Waals surface area contributed by atoms with E-state index >= 15 is 0 Å². The number of Topliss-reactive ketones (excluding diaryl/α,β-unsaturated/α-hetero) is 1. The van der Waals surface area contributed by atoms with Crippen molar-refractivity contribution >= 4 is 34.2 Å². The number of para-hydroxylation sites is 1. The number of rotatable bonds is 4. The first-order valence-electron chi connectivity index (χ1n) is 8.13. The first-order valence-corrected chi connectivity index (χ1v) is 8.13. The Morgan fingerprint density at radius 2 is 1.85 bits per heavy atom. The Morgan fingerprint density at radius 3 is 2.56 bits per heavy atom. The summed E-state index contributed by atoms with van der Waals surface area (Å²) in [4.78, 5) is 53.6. The third-order valence-corrected chi connectivity index (χ3v) is 4.12. The Morgan fingerprint density at radius 1 is 1.15 bits per heavy atom. The number of carbonyl (C=O) groups excluding carboxylic acids is 3. The zero-order valence-corrected chi connectivity index (χ0v) is 15.1. The lowest BCUT2D eigenvalue weighted by Gasteiger charge is -2.13. The molecule has 0 fully saturated rings. The molecular weight excluding hydrogens is 348 g/mol. The number of ketones is 1. The zero-order chi connectivity index (χ0) is 19.7. The van der Waals surface area contributed by atoms with Crippen LogP contribution < -0.4 is 10.9 Å². The first-order chi connectivity index (χ1) is 12.8. The molecule has 0 saturated carbocycles. The van der Waals surface area contributed by atoms with Gasteiger partial charge in [-0.2, -0.15) is 0 Å². The van der Waals surface area contributed by atoms with Gasteiger partial charge in [-0.3, -0.25) is 19.2 Å². The Bertz CT molecular complexity index is 1120. The maximum absolute atomic E-state index is 12.5. The standard InChI is InChI=1S/C19H18N4O4/c1-22(2)18(26)11-8-15(19(27)23(3)10-11)21-17(25)16(24)13-9-20-14-7-5-4-6-12(13)14/h4-10,20H,1-3H3,(H,21,25). The third kappa shape index (κ3) is 3.37. The van der Waals surface area contributed by atoms with Crippen LogP contribution in [0.2, 0.25) is 0 Å². The third-order valence-electron chi connectivity index (χ3n) is 4.12. The largest absolute Gasteiger partial charge is 0.360 e. The van der Waals surface area contributed by atoms with E-state index in [0.29, 0.717) is 5.39 Å². The van der Waals surface area contributed by atoms with Gasteiger partial charge in [-0.05, 0) is 12.1 Å². The number of hydrogen-bond acceptors (Lipinski definition) is 4. The summed E-state index contributed by atoms with van der Waals surface area (Å²) in [5.74, 6) is -2.06. The molecule has 0 radical (unpaired) electrons. The number of nitrogens with zero attached hydrogens (tertiary/aromatic N) is 2. The number of carbonyl (C=O) groups is 3. The summed E-state index contributed by atoms with van der Waals surface area (Å²) in [6.07, 6.45) is 2.83. The highest BCUT2D eigenvalue weighted by atomic mass is 16.2. The lowest BCUT2D eigenvalue weighted by molar-refractivity contribution is -0.112. The predicted octanol–water partition coefficient (Wildman–Crippen LogP) is 1.39. The second-order valence-electron chi connectivity index (χ2n) is 6.29. The number of aromatic nitrogens is 2. The molecule has 0 aliphatic heterocycles. The van der Waals surface area contributed by atoms with E-state index in [-0.39, 0.29) is 22.7 Å². The van der Waals surface area contributed by atoms with Gasteiger partial charge < -0.3 is 19.8 Å². The molecule has 0 atom stereocenters. The van der Waals surface area contributed by atoms with Crippen LogP contribution in [0, 0.1) is 0 Å². The molecule has 27 heavy (non-hydrogen) atoms. The summed E-state index contributed by atoms with van der Waals surface area (Å²) in [6.45, 7) is 0. The molecule has 3 aromatic rings. The predicted molar refractivity (Wildman–Crippen MR) is 101 cm³/mol. The van der Waals surface area contributed by atoms with Gasteiger partial charge in [0.1, 0.15) is 5.69 Å². The van der Waals surface area contributed by atoms with Crippen molar-refractivity contribution in [3.05, 3.63) is 64.2 Å². The number of fused-ring (bicyclic) bond motifs is 1. The molecule has 1 aromatic carbocycles. The van der Waals surface area contributed by atoms with E-state index in [0.717, 1.165) is 5.52 Å². The van der Waals surface area contributed by atoms with Crippen LogP contribution in [0.1, 0.15) is 20.7 Å².